The van der Waals surface area contributed by atoms with E-state index in [9.17, 15) is 0 Å². The third-order valence-corrected chi connectivity index (χ3v) is 4.03. The molecule has 0 spiro atoms. The molecule has 112 valence electrons. The van der Waals surface area contributed by atoms with Crippen LogP contribution in [-0.4, -0.2) is 37.7 Å². The van der Waals surface area contributed by atoms with Gasteiger partial charge in [-0.1, -0.05) is 29.8 Å². The van der Waals surface area contributed by atoms with E-state index in [2.05, 4.69) is 50.1 Å². The first-order valence-electron chi connectivity index (χ1n) is 7.68. The average Bonchev–Trinajstić information content (AvgIpc) is 3.21. The number of hydrogen-bond donors (Lipinski definition) is 1. The van der Waals surface area contributed by atoms with E-state index in [0.717, 1.165) is 25.7 Å². The highest BCUT2D eigenvalue weighted by Gasteiger charge is 2.23. The third-order valence-electron chi connectivity index (χ3n) is 4.03. The van der Waals surface area contributed by atoms with Crippen molar-refractivity contribution >= 4 is 0 Å². The summed E-state index contributed by atoms with van der Waals surface area (Å²) in [5.74, 6) is 0.835. The maximum absolute atomic E-state index is 6.19. The quantitative estimate of drug-likeness (QED) is 0.742. The van der Waals surface area contributed by atoms with E-state index < -0.39 is 0 Å². The Morgan fingerprint density at radius 3 is 2.50 bits per heavy atom. The summed E-state index contributed by atoms with van der Waals surface area (Å²) in [4.78, 5) is 2.31. The monoisotopic (exact) mass is 276 g/mol. The van der Waals surface area contributed by atoms with E-state index in [1.54, 1.807) is 0 Å². The smallest absolute Gasteiger partial charge is 0.0593 e. The van der Waals surface area contributed by atoms with Crippen LogP contribution in [0.1, 0.15) is 36.9 Å². The summed E-state index contributed by atoms with van der Waals surface area (Å²) in [5.41, 5.74) is 8.76. The van der Waals surface area contributed by atoms with Crippen LogP contribution in [0.2, 0.25) is 0 Å². The molecule has 20 heavy (non-hydrogen) atoms. The molecule has 0 amide bonds. The van der Waals surface area contributed by atoms with Crippen LogP contribution in [0.3, 0.4) is 0 Å². The zero-order valence-electron chi connectivity index (χ0n) is 13.0. The number of nitrogens with two attached hydrogens (primary N) is 1. The molecule has 0 aliphatic heterocycles. The number of ether oxygens (including phenoxy) is 1. The molecule has 2 rings (SSSR count). The Balaban J connectivity index is 1.87. The predicted molar refractivity (Wildman–Crippen MR) is 83.7 cm³/mol. The SMILES string of the molecule is Cc1ccc(C(C(C)N)N(C)CCOCC2CC2)cc1. The van der Waals surface area contributed by atoms with Gasteiger partial charge in [-0.3, -0.25) is 4.90 Å². The lowest BCUT2D eigenvalue weighted by molar-refractivity contribution is 0.0875. The number of aryl methyl sites for hydroxylation is 1. The molecule has 1 saturated carbocycles. The summed E-state index contributed by atoms with van der Waals surface area (Å²) in [6.45, 7) is 6.84. The van der Waals surface area contributed by atoms with E-state index in [-0.39, 0.29) is 12.1 Å². The van der Waals surface area contributed by atoms with Crippen LogP contribution in [0.25, 0.3) is 0 Å². The molecule has 3 heteroatoms. The van der Waals surface area contributed by atoms with Gasteiger partial charge >= 0.3 is 0 Å². The van der Waals surface area contributed by atoms with Crippen molar-refractivity contribution in [2.45, 2.75) is 38.8 Å². The Kier molecular flexibility index (Phi) is 5.58. The normalized spacial score (nSPS) is 18.2. The maximum atomic E-state index is 6.19. The number of hydrogen-bond acceptors (Lipinski definition) is 3. The van der Waals surface area contributed by atoms with Crippen molar-refractivity contribution in [1.82, 2.24) is 4.90 Å². The topological polar surface area (TPSA) is 38.5 Å². The van der Waals surface area contributed by atoms with Crippen molar-refractivity contribution in [3.8, 4) is 0 Å². The van der Waals surface area contributed by atoms with Gasteiger partial charge in [0, 0.05) is 25.2 Å². The molecule has 0 bridgehead atoms. The van der Waals surface area contributed by atoms with Gasteiger partial charge in [-0.05, 0) is 45.2 Å². The van der Waals surface area contributed by atoms with Crippen LogP contribution in [0, 0.1) is 12.8 Å². The van der Waals surface area contributed by atoms with E-state index in [1.807, 2.05) is 0 Å². The molecular formula is C17H28N2O. The lowest BCUT2D eigenvalue weighted by Gasteiger charge is -2.31. The lowest BCUT2D eigenvalue weighted by Crippen LogP contribution is -2.38. The van der Waals surface area contributed by atoms with Gasteiger partial charge in [0.05, 0.1) is 6.61 Å². The molecule has 1 aromatic rings. The van der Waals surface area contributed by atoms with Gasteiger partial charge < -0.3 is 10.5 Å². The highest BCUT2D eigenvalue weighted by molar-refractivity contribution is 5.25. The molecule has 1 fully saturated rings. The van der Waals surface area contributed by atoms with Crippen LogP contribution < -0.4 is 5.73 Å². The number of likely N-dealkylation sites (N-methyl/N-ethyl adjacent to an activating group) is 1. The number of benzene rings is 1. The molecule has 1 aliphatic carbocycles. The molecule has 2 unspecified atom stereocenters. The Morgan fingerprint density at radius 1 is 1.30 bits per heavy atom. The second-order valence-corrected chi connectivity index (χ2v) is 6.21. The van der Waals surface area contributed by atoms with Gasteiger partial charge in [0.25, 0.3) is 0 Å². The molecule has 1 aromatic carbocycles. The van der Waals surface area contributed by atoms with Crippen LogP contribution in [0.15, 0.2) is 24.3 Å². The molecule has 3 nitrogen and oxygen atoms in total. The van der Waals surface area contributed by atoms with Crippen molar-refractivity contribution in [2.24, 2.45) is 11.7 Å². The van der Waals surface area contributed by atoms with Crippen LogP contribution in [-0.2, 0) is 4.74 Å². The van der Waals surface area contributed by atoms with Crippen LogP contribution >= 0.6 is 0 Å². The van der Waals surface area contributed by atoms with Gasteiger partial charge in [0.1, 0.15) is 0 Å². The fourth-order valence-electron chi connectivity index (χ4n) is 2.61. The van der Waals surface area contributed by atoms with Crippen molar-refractivity contribution < 1.29 is 4.74 Å². The van der Waals surface area contributed by atoms with Crippen molar-refractivity contribution in [3.05, 3.63) is 35.4 Å². The Hall–Kier alpha value is -0.900. The molecule has 2 atom stereocenters. The van der Waals surface area contributed by atoms with Gasteiger partial charge in [-0.15, -0.1) is 0 Å². The van der Waals surface area contributed by atoms with E-state index in [4.69, 9.17) is 10.5 Å². The zero-order chi connectivity index (χ0) is 14.5. The second-order valence-electron chi connectivity index (χ2n) is 6.21. The molecular weight excluding hydrogens is 248 g/mol. The summed E-state index contributed by atoms with van der Waals surface area (Å²) < 4.78 is 5.73. The highest BCUT2D eigenvalue weighted by atomic mass is 16.5. The minimum atomic E-state index is 0.103. The summed E-state index contributed by atoms with van der Waals surface area (Å²) in [6.07, 6.45) is 2.70. The molecule has 1 aliphatic rings. The van der Waals surface area contributed by atoms with Gasteiger partial charge in [-0.25, -0.2) is 0 Å². The van der Waals surface area contributed by atoms with E-state index in [0.29, 0.717) is 0 Å². The fourth-order valence-corrected chi connectivity index (χ4v) is 2.61. The third kappa shape index (κ3) is 4.58. The Morgan fingerprint density at radius 2 is 1.95 bits per heavy atom. The molecule has 0 radical (unpaired) electrons. The van der Waals surface area contributed by atoms with Crippen LogP contribution in [0.4, 0.5) is 0 Å². The van der Waals surface area contributed by atoms with Gasteiger partial charge in [0.2, 0.25) is 0 Å². The first-order valence-corrected chi connectivity index (χ1v) is 7.68. The Labute approximate surface area is 123 Å². The van der Waals surface area contributed by atoms with E-state index in [1.165, 1.54) is 24.0 Å². The van der Waals surface area contributed by atoms with Crippen LogP contribution in [0.5, 0.6) is 0 Å². The van der Waals surface area contributed by atoms with Crippen molar-refractivity contribution in [2.75, 3.05) is 26.8 Å². The molecule has 0 saturated heterocycles. The summed E-state index contributed by atoms with van der Waals surface area (Å²) in [5, 5.41) is 0. The first-order chi connectivity index (χ1) is 9.58. The number of rotatable bonds is 8. The van der Waals surface area contributed by atoms with E-state index >= 15 is 0 Å². The zero-order valence-corrected chi connectivity index (χ0v) is 13.0. The Bertz CT molecular complexity index is 398. The molecule has 0 aromatic heterocycles. The fraction of sp³-hybridized carbons (Fsp3) is 0.647. The maximum Gasteiger partial charge on any atom is 0.0593 e. The minimum absolute atomic E-state index is 0.103. The number of nitrogens with zero attached hydrogens (tertiary/aromatic N) is 1. The largest absolute Gasteiger partial charge is 0.380 e. The van der Waals surface area contributed by atoms with Gasteiger partial charge in [-0.2, -0.15) is 0 Å². The van der Waals surface area contributed by atoms with Gasteiger partial charge in [0.15, 0.2) is 0 Å². The first kappa shape index (κ1) is 15.5. The minimum Gasteiger partial charge on any atom is -0.380 e. The summed E-state index contributed by atoms with van der Waals surface area (Å²) >= 11 is 0. The predicted octanol–water partition coefficient (Wildman–Crippen LogP) is 2.74. The average molecular weight is 276 g/mol. The van der Waals surface area contributed by atoms with Crippen molar-refractivity contribution in [1.29, 1.82) is 0 Å². The highest BCUT2D eigenvalue weighted by Crippen LogP contribution is 2.28. The standard InChI is InChI=1S/C17H28N2O/c1-13-4-8-16(9-5-13)17(14(2)18)19(3)10-11-20-12-15-6-7-15/h4-5,8-9,14-15,17H,6-7,10-12,18H2,1-3H3. The lowest BCUT2D eigenvalue weighted by atomic mass is 9.98. The molecule has 0 heterocycles. The van der Waals surface area contributed by atoms with Crippen molar-refractivity contribution in [3.63, 3.8) is 0 Å². The molecule has 2 N–H and O–H groups in total. The summed E-state index contributed by atoms with van der Waals surface area (Å²) in [7, 11) is 2.13. The summed E-state index contributed by atoms with van der Waals surface area (Å²) in [6, 6.07) is 9.03. The second kappa shape index (κ2) is 7.21.